The smallest absolute Gasteiger partial charge is 0.269 e. The number of non-ortho nitro benzene ring substituents is 1. The van der Waals surface area contributed by atoms with Crippen molar-refractivity contribution < 1.29 is 4.92 Å². The molecule has 2 aromatic carbocycles. The lowest BCUT2D eigenvalue weighted by Gasteiger charge is -2.32. The number of thiocarbonyl (C=S) groups is 1. The van der Waals surface area contributed by atoms with E-state index in [0.29, 0.717) is 22.1 Å². The first-order chi connectivity index (χ1) is 16.0. The highest BCUT2D eigenvalue weighted by atomic mass is 32.9. The zero-order valence-corrected chi connectivity index (χ0v) is 21.0. The third kappa shape index (κ3) is 4.02. The van der Waals surface area contributed by atoms with Crippen molar-refractivity contribution in [1.29, 1.82) is 0 Å². The van der Waals surface area contributed by atoms with Gasteiger partial charge in [0.05, 0.1) is 16.3 Å². The van der Waals surface area contributed by atoms with Crippen molar-refractivity contribution in [1.82, 2.24) is 0 Å². The van der Waals surface area contributed by atoms with Crippen molar-refractivity contribution in [3.63, 3.8) is 0 Å². The fourth-order valence-electron chi connectivity index (χ4n) is 3.43. The number of benzene rings is 2. The van der Waals surface area contributed by atoms with Crippen LogP contribution >= 0.6 is 56.4 Å². The Morgan fingerprint density at radius 3 is 2.45 bits per heavy atom. The molecule has 0 spiro atoms. The van der Waals surface area contributed by atoms with Gasteiger partial charge in [-0.3, -0.25) is 14.9 Å². The first kappa shape index (κ1) is 22.3. The Morgan fingerprint density at radius 2 is 1.79 bits per heavy atom. The van der Waals surface area contributed by atoms with Crippen molar-refractivity contribution in [2.24, 2.45) is 5.10 Å². The highest BCUT2D eigenvalue weighted by Gasteiger charge is 2.37. The van der Waals surface area contributed by atoms with Crippen molar-refractivity contribution in [3.05, 3.63) is 90.5 Å². The Kier molecular flexibility index (Phi) is 6.10. The SMILES string of the molecule is CCN1/C(=C2/SC(c3ccccc3)=NN2c2ccc([N+](=O)[O-])cc2)C(=S)Sc2ssc(=O)c21. The second kappa shape index (κ2) is 9.03. The maximum Gasteiger partial charge on any atom is 0.269 e. The molecule has 0 fully saturated rings. The zero-order valence-electron chi connectivity index (χ0n) is 17.0. The fourth-order valence-corrected chi connectivity index (χ4v) is 8.82. The number of anilines is 2. The van der Waals surface area contributed by atoms with E-state index in [1.807, 2.05) is 42.2 Å². The molecule has 0 amide bonds. The Labute approximate surface area is 210 Å². The maximum atomic E-state index is 12.6. The monoisotopic (exact) mass is 530 g/mol. The number of nitro groups is 1. The molecule has 0 bridgehead atoms. The minimum atomic E-state index is -0.429. The number of thioether (sulfide) groups is 2. The summed E-state index contributed by atoms with van der Waals surface area (Å²) < 4.78 is 1.59. The van der Waals surface area contributed by atoms with Gasteiger partial charge in [0.2, 0.25) is 0 Å². The number of hydrogen-bond acceptors (Lipinski definition) is 11. The molecule has 0 unspecified atom stereocenters. The van der Waals surface area contributed by atoms with Crippen LogP contribution in [0.25, 0.3) is 0 Å². The van der Waals surface area contributed by atoms with Gasteiger partial charge in [0.25, 0.3) is 10.4 Å². The van der Waals surface area contributed by atoms with Gasteiger partial charge in [-0.25, -0.2) is 5.01 Å². The van der Waals surface area contributed by atoms with E-state index in [9.17, 15) is 14.9 Å². The summed E-state index contributed by atoms with van der Waals surface area (Å²) in [7, 11) is 2.66. The number of rotatable bonds is 4. The quantitative estimate of drug-likeness (QED) is 0.131. The van der Waals surface area contributed by atoms with E-state index in [1.54, 1.807) is 17.1 Å². The molecule has 1 aromatic heterocycles. The molecule has 33 heavy (non-hydrogen) atoms. The molecule has 12 heteroatoms. The lowest BCUT2D eigenvalue weighted by Crippen LogP contribution is -2.34. The van der Waals surface area contributed by atoms with E-state index in [1.165, 1.54) is 56.3 Å². The van der Waals surface area contributed by atoms with Crippen LogP contribution in [0.15, 0.2) is 79.4 Å². The summed E-state index contributed by atoms with van der Waals surface area (Å²) in [4.78, 5) is 25.3. The molecule has 0 atom stereocenters. The van der Waals surface area contributed by atoms with Crippen LogP contribution in [0.3, 0.4) is 0 Å². The summed E-state index contributed by atoms with van der Waals surface area (Å²) >= 11 is 8.70. The van der Waals surface area contributed by atoms with Crippen molar-refractivity contribution in [2.45, 2.75) is 11.1 Å². The van der Waals surface area contributed by atoms with Crippen LogP contribution in [0.4, 0.5) is 17.1 Å². The van der Waals surface area contributed by atoms with E-state index >= 15 is 0 Å². The lowest BCUT2D eigenvalue weighted by molar-refractivity contribution is -0.384. The summed E-state index contributed by atoms with van der Waals surface area (Å²) in [5.74, 6) is 0. The number of nitro benzene ring substituents is 1. The normalized spacial score (nSPS) is 17.8. The second-order valence-corrected chi connectivity index (χ2v) is 11.9. The molecule has 166 valence electrons. The van der Waals surface area contributed by atoms with Gasteiger partial charge in [-0.05, 0) is 41.2 Å². The highest BCUT2D eigenvalue weighted by Crippen LogP contribution is 2.48. The maximum absolute atomic E-state index is 12.6. The summed E-state index contributed by atoms with van der Waals surface area (Å²) in [6.07, 6.45) is 0. The van der Waals surface area contributed by atoms with Gasteiger partial charge in [-0.1, -0.05) is 64.7 Å². The van der Waals surface area contributed by atoms with Gasteiger partial charge < -0.3 is 4.90 Å². The molecule has 3 aromatic rings. The standard InChI is InChI=1S/C21H14N4O3S5/c1-2-23-15(20(29)31-21-16(23)19(26)32-33-21)18-24(13-8-10-14(11-9-13)25(27)28)22-17(30-18)12-6-4-3-5-7-12/h3-11H,2H2,1H3/b18-15+. The largest absolute Gasteiger partial charge is 0.332 e. The van der Waals surface area contributed by atoms with Crippen molar-refractivity contribution in [2.75, 3.05) is 16.5 Å². The van der Waals surface area contributed by atoms with Gasteiger partial charge in [0.15, 0.2) is 0 Å². The predicted molar refractivity (Wildman–Crippen MR) is 143 cm³/mol. The molecule has 7 nitrogen and oxygen atoms in total. The number of fused-ring (bicyclic) bond motifs is 1. The van der Waals surface area contributed by atoms with Gasteiger partial charge in [0.1, 0.15) is 24.2 Å². The third-order valence-corrected chi connectivity index (χ3v) is 9.98. The highest BCUT2D eigenvalue weighted by molar-refractivity contribution is 8.25. The van der Waals surface area contributed by atoms with E-state index < -0.39 is 4.92 Å². The molecule has 0 saturated carbocycles. The fraction of sp³-hybridized carbons (Fsp3) is 0.0952. The Balaban J connectivity index is 1.68. The van der Waals surface area contributed by atoms with Crippen LogP contribution in [0, 0.1) is 10.1 Å². The molecular weight excluding hydrogens is 517 g/mol. The first-order valence-corrected chi connectivity index (χ1v) is 13.9. The van der Waals surface area contributed by atoms with Crippen LogP contribution in [-0.2, 0) is 0 Å². The van der Waals surface area contributed by atoms with Crippen LogP contribution < -0.4 is 14.7 Å². The van der Waals surface area contributed by atoms with Gasteiger partial charge in [-0.2, -0.15) is 5.10 Å². The average molecular weight is 531 g/mol. The molecule has 0 N–H and O–H groups in total. The summed E-state index contributed by atoms with van der Waals surface area (Å²) in [5.41, 5.74) is 3.04. The molecule has 2 aliphatic rings. The molecule has 0 saturated heterocycles. The van der Waals surface area contributed by atoms with Crippen LogP contribution in [0.1, 0.15) is 12.5 Å². The number of hydrazone groups is 1. The minimum absolute atomic E-state index is 0.00592. The molecule has 3 heterocycles. The Bertz CT molecular complexity index is 1380. The lowest BCUT2D eigenvalue weighted by atomic mass is 10.2. The van der Waals surface area contributed by atoms with Gasteiger partial charge in [0, 0.05) is 24.2 Å². The topological polar surface area (TPSA) is 79.1 Å². The van der Waals surface area contributed by atoms with Crippen LogP contribution in [-0.4, -0.2) is 20.7 Å². The van der Waals surface area contributed by atoms with E-state index in [2.05, 4.69) is 0 Å². The summed E-state index contributed by atoms with van der Waals surface area (Å²) in [6, 6.07) is 16.0. The van der Waals surface area contributed by atoms with Gasteiger partial charge >= 0.3 is 0 Å². The van der Waals surface area contributed by atoms with E-state index in [0.717, 1.165) is 25.5 Å². The molecule has 5 rings (SSSR count). The predicted octanol–water partition coefficient (Wildman–Crippen LogP) is 6.12. The molecule has 2 aliphatic heterocycles. The van der Waals surface area contributed by atoms with E-state index in [4.69, 9.17) is 17.3 Å². The Morgan fingerprint density at radius 1 is 1.06 bits per heavy atom. The average Bonchev–Trinajstić information content (AvgIpc) is 3.43. The second-order valence-electron chi connectivity index (χ2n) is 6.84. The third-order valence-electron chi connectivity index (χ3n) is 4.92. The first-order valence-electron chi connectivity index (χ1n) is 9.71. The van der Waals surface area contributed by atoms with Gasteiger partial charge in [-0.15, -0.1) is 0 Å². The van der Waals surface area contributed by atoms with Crippen molar-refractivity contribution >= 4 is 82.7 Å². The molecular formula is C21H14N4O3S5. The zero-order chi connectivity index (χ0) is 23.1. The number of hydrogen-bond donors (Lipinski definition) is 0. The van der Waals surface area contributed by atoms with Crippen LogP contribution in [0.2, 0.25) is 0 Å². The van der Waals surface area contributed by atoms with Crippen LogP contribution in [0.5, 0.6) is 0 Å². The Hall–Kier alpha value is -2.51. The van der Waals surface area contributed by atoms with E-state index in [-0.39, 0.29) is 10.4 Å². The number of nitrogens with zero attached hydrogens (tertiary/aromatic N) is 4. The molecule has 0 aliphatic carbocycles. The van der Waals surface area contributed by atoms with Crippen molar-refractivity contribution in [3.8, 4) is 0 Å². The molecule has 0 radical (unpaired) electrons. The summed E-state index contributed by atoms with van der Waals surface area (Å²) in [6.45, 7) is 2.56. The minimum Gasteiger partial charge on any atom is -0.332 e. The summed E-state index contributed by atoms with van der Waals surface area (Å²) in [5, 5.41) is 19.3.